The standard InChI is InChI=1S/C15H19NO2S/c1-3-8-18-14-7-5-4-6-12(14)13(17)9-15-16-11(2)10-19-15/h4-7,10,13,17H,3,8-9H2,1-2H3. The van der Waals surface area contributed by atoms with E-state index in [2.05, 4.69) is 11.9 Å². The van der Waals surface area contributed by atoms with E-state index < -0.39 is 6.10 Å². The monoisotopic (exact) mass is 277 g/mol. The highest BCUT2D eigenvalue weighted by Crippen LogP contribution is 2.28. The fourth-order valence-electron chi connectivity index (χ4n) is 1.87. The summed E-state index contributed by atoms with van der Waals surface area (Å²) in [7, 11) is 0. The molecule has 0 spiro atoms. The summed E-state index contributed by atoms with van der Waals surface area (Å²) in [5.74, 6) is 0.769. The van der Waals surface area contributed by atoms with Crippen LogP contribution >= 0.6 is 11.3 Å². The number of aryl methyl sites for hydroxylation is 1. The third-order valence-corrected chi connectivity index (χ3v) is 3.76. The van der Waals surface area contributed by atoms with E-state index in [1.54, 1.807) is 11.3 Å². The summed E-state index contributed by atoms with van der Waals surface area (Å²) in [5, 5.41) is 13.3. The van der Waals surface area contributed by atoms with Crippen molar-refractivity contribution in [2.75, 3.05) is 6.61 Å². The lowest BCUT2D eigenvalue weighted by atomic mass is 10.1. The van der Waals surface area contributed by atoms with Crippen molar-refractivity contribution in [3.05, 3.63) is 45.9 Å². The van der Waals surface area contributed by atoms with Crippen molar-refractivity contribution >= 4 is 11.3 Å². The lowest BCUT2D eigenvalue weighted by molar-refractivity contribution is 0.171. The number of hydrogen-bond donors (Lipinski definition) is 1. The van der Waals surface area contributed by atoms with Gasteiger partial charge < -0.3 is 9.84 Å². The number of benzene rings is 1. The second-order valence-corrected chi connectivity index (χ2v) is 5.43. The molecule has 0 saturated carbocycles. The van der Waals surface area contributed by atoms with Gasteiger partial charge in [0.2, 0.25) is 0 Å². The zero-order valence-electron chi connectivity index (χ0n) is 11.3. The van der Waals surface area contributed by atoms with Gasteiger partial charge in [0.15, 0.2) is 0 Å². The SMILES string of the molecule is CCCOc1ccccc1C(O)Cc1nc(C)cs1. The highest BCUT2D eigenvalue weighted by atomic mass is 32.1. The molecule has 102 valence electrons. The van der Waals surface area contributed by atoms with Crippen LogP contribution in [0, 0.1) is 6.92 Å². The number of aliphatic hydroxyl groups is 1. The molecule has 1 aromatic heterocycles. The molecule has 0 aliphatic rings. The van der Waals surface area contributed by atoms with E-state index in [4.69, 9.17) is 4.74 Å². The summed E-state index contributed by atoms with van der Waals surface area (Å²) >= 11 is 1.58. The van der Waals surface area contributed by atoms with Crippen molar-refractivity contribution < 1.29 is 9.84 Å². The van der Waals surface area contributed by atoms with Crippen LogP contribution in [-0.2, 0) is 6.42 Å². The molecular weight excluding hydrogens is 258 g/mol. The number of para-hydroxylation sites is 1. The second-order valence-electron chi connectivity index (χ2n) is 4.49. The molecule has 0 bridgehead atoms. The van der Waals surface area contributed by atoms with E-state index in [-0.39, 0.29) is 0 Å². The van der Waals surface area contributed by atoms with Gasteiger partial charge in [0, 0.05) is 23.1 Å². The van der Waals surface area contributed by atoms with Crippen molar-refractivity contribution in [3.8, 4) is 5.75 Å². The average molecular weight is 277 g/mol. The summed E-state index contributed by atoms with van der Waals surface area (Å²) < 4.78 is 5.67. The summed E-state index contributed by atoms with van der Waals surface area (Å²) in [6.45, 7) is 4.70. The predicted octanol–water partition coefficient (Wildman–Crippen LogP) is 3.52. The molecule has 0 aliphatic heterocycles. The number of aromatic nitrogens is 1. The Hall–Kier alpha value is -1.39. The quantitative estimate of drug-likeness (QED) is 0.878. The average Bonchev–Trinajstić information content (AvgIpc) is 2.82. The van der Waals surface area contributed by atoms with Gasteiger partial charge in [-0.3, -0.25) is 0 Å². The number of aliphatic hydroxyl groups excluding tert-OH is 1. The Balaban J connectivity index is 2.11. The van der Waals surface area contributed by atoms with Gasteiger partial charge in [-0.25, -0.2) is 4.98 Å². The van der Waals surface area contributed by atoms with Gasteiger partial charge in [-0.05, 0) is 19.4 Å². The van der Waals surface area contributed by atoms with Gasteiger partial charge in [-0.1, -0.05) is 25.1 Å². The summed E-state index contributed by atoms with van der Waals surface area (Å²) in [6, 6.07) is 7.66. The topological polar surface area (TPSA) is 42.4 Å². The first-order valence-electron chi connectivity index (χ1n) is 6.51. The normalized spacial score (nSPS) is 12.4. The smallest absolute Gasteiger partial charge is 0.125 e. The van der Waals surface area contributed by atoms with Gasteiger partial charge in [-0.2, -0.15) is 0 Å². The van der Waals surface area contributed by atoms with Gasteiger partial charge in [0.1, 0.15) is 5.75 Å². The maximum absolute atomic E-state index is 10.4. The first-order valence-corrected chi connectivity index (χ1v) is 7.39. The molecule has 1 aromatic carbocycles. The lowest BCUT2D eigenvalue weighted by Gasteiger charge is -2.15. The highest BCUT2D eigenvalue weighted by molar-refractivity contribution is 7.09. The van der Waals surface area contributed by atoms with Gasteiger partial charge in [0.25, 0.3) is 0 Å². The molecule has 1 N–H and O–H groups in total. The largest absolute Gasteiger partial charge is 0.493 e. The Morgan fingerprint density at radius 3 is 2.84 bits per heavy atom. The van der Waals surface area contributed by atoms with Crippen LogP contribution in [0.2, 0.25) is 0 Å². The highest BCUT2D eigenvalue weighted by Gasteiger charge is 2.15. The van der Waals surface area contributed by atoms with E-state index in [1.807, 2.05) is 36.6 Å². The molecule has 0 fully saturated rings. The van der Waals surface area contributed by atoms with E-state index >= 15 is 0 Å². The summed E-state index contributed by atoms with van der Waals surface area (Å²) in [5.41, 5.74) is 1.84. The van der Waals surface area contributed by atoms with Gasteiger partial charge >= 0.3 is 0 Å². The minimum atomic E-state index is -0.571. The molecule has 0 amide bonds. The lowest BCUT2D eigenvalue weighted by Crippen LogP contribution is -2.06. The third-order valence-electron chi connectivity index (χ3n) is 2.77. The Kier molecular flexibility index (Phi) is 4.93. The summed E-state index contributed by atoms with van der Waals surface area (Å²) in [4.78, 5) is 4.39. The molecule has 1 atom stereocenters. The van der Waals surface area contributed by atoms with Crippen molar-refractivity contribution in [3.63, 3.8) is 0 Å². The first kappa shape index (κ1) is 14.0. The first-order chi connectivity index (χ1) is 9.20. The summed E-state index contributed by atoms with van der Waals surface area (Å²) in [6.07, 6.45) is 0.916. The fourth-order valence-corrected chi connectivity index (χ4v) is 2.68. The predicted molar refractivity (Wildman–Crippen MR) is 77.7 cm³/mol. The second kappa shape index (κ2) is 6.68. The van der Waals surface area contributed by atoms with E-state index in [0.717, 1.165) is 28.4 Å². The number of thiazole rings is 1. The van der Waals surface area contributed by atoms with E-state index in [9.17, 15) is 5.11 Å². The van der Waals surface area contributed by atoms with Gasteiger partial charge in [-0.15, -0.1) is 11.3 Å². The molecule has 1 heterocycles. The van der Waals surface area contributed by atoms with Crippen LogP contribution in [0.4, 0.5) is 0 Å². The van der Waals surface area contributed by atoms with E-state index in [0.29, 0.717) is 13.0 Å². The Labute approximate surface area is 117 Å². The van der Waals surface area contributed by atoms with Crippen LogP contribution in [0.1, 0.15) is 35.7 Å². The maximum Gasteiger partial charge on any atom is 0.125 e. The number of rotatable bonds is 6. The molecular formula is C15H19NO2S. The molecule has 1 unspecified atom stereocenters. The zero-order valence-corrected chi connectivity index (χ0v) is 12.1. The van der Waals surface area contributed by atoms with Crippen molar-refractivity contribution in [2.24, 2.45) is 0 Å². The molecule has 4 heteroatoms. The van der Waals surface area contributed by atoms with Crippen LogP contribution in [0.25, 0.3) is 0 Å². The number of ether oxygens (including phenoxy) is 1. The molecule has 19 heavy (non-hydrogen) atoms. The van der Waals surface area contributed by atoms with Crippen LogP contribution in [-0.4, -0.2) is 16.7 Å². The van der Waals surface area contributed by atoms with Crippen LogP contribution < -0.4 is 4.74 Å². The Morgan fingerprint density at radius 1 is 1.37 bits per heavy atom. The molecule has 0 saturated heterocycles. The van der Waals surface area contributed by atoms with Crippen LogP contribution in [0.15, 0.2) is 29.6 Å². The minimum Gasteiger partial charge on any atom is -0.493 e. The molecule has 0 radical (unpaired) electrons. The van der Waals surface area contributed by atoms with Gasteiger partial charge in [0.05, 0.1) is 17.7 Å². The Bertz CT molecular complexity index is 524. The molecule has 2 rings (SSSR count). The minimum absolute atomic E-state index is 0.533. The number of nitrogens with zero attached hydrogens (tertiary/aromatic N) is 1. The molecule has 3 nitrogen and oxygen atoms in total. The van der Waals surface area contributed by atoms with Crippen molar-refractivity contribution in [2.45, 2.75) is 32.8 Å². The fraction of sp³-hybridized carbons (Fsp3) is 0.400. The van der Waals surface area contributed by atoms with Crippen LogP contribution in [0.5, 0.6) is 5.75 Å². The van der Waals surface area contributed by atoms with E-state index in [1.165, 1.54) is 0 Å². The maximum atomic E-state index is 10.4. The zero-order chi connectivity index (χ0) is 13.7. The van der Waals surface area contributed by atoms with Crippen molar-refractivity contribution in [1.29, 1.82) is 0 Å². The molecule has 0 aliphatic carbocycles. The number of hydrogen-bond acceptors (Lipinski definition) is 4. The Morgan fingerprint density at radius 2 is 2.16 bits per heavy atom. The molecule has 2 aromatic rings. The van der Waals surface area contributed by atoms with Crippen molar-refractivity contribution in [1.82, 2.24) is 4.98 Å². The van der Waals surface area contributed by atoms with Crippen LogP contribution in [0.3, 0.4) is 0 Å². The third kappa shape index (κ3) is 3.78.